The normalized spacial score (nSPS) is 12.9. The summed E-state index contributed by atoms with van der Waals surface area (Å²) in [5.74, 6) is 0.388. The van der Waals surface area contributed by atoms with Crippen molar-refractivity contribution in [2.24, 2.45) is 10.7 Å². The Morgan fingerprint density at radius 2 is 1.95 bits per heavy atom. The quantitative estimate of drug-likeness (QED) is 0.578. The van der Waals surface area contributed by atoms with E-state index in [0.29, 0.717) is 5.96 Å². The van der Waals surface area contributed by atoms with Crippen LogP contribution in [0.15, 0.2) is 23.2 Å². The lowest BCUT2D eigenvalue weighted by Crippen LogP contribution is -2.40. The minimum absolute atomic E-state index is 0.110. The molecule has 0 aliphatic carbocycles. The van der Waals surface area contributed by atoms with E-state index in [2.05, 4.69) is 15.6 Å². The van der Waals surface area contributed by atoms with Crippen LogP contribution in [0.2, 0.25) is 0 Å². The summed E-state index contributed by atoms with van der Waals surface area (Å²) in [7, 11) is 0. The SMILES string of the molecule is CCC(C)N=C(NC(N)=O)Nc1c(C)cccc1C. The number of benzene rings is 1. The maximum atomic E-state index is 11.0. The second-order valence-electron chi connectivity index (χ2n) is 4.62. The zero-order chi connectivity index (χ0) is 14.4. The Morgan fingerprint density at radius 1 is 1.37 bits per heavy atom. The molecular formula is C14H22N4O. The Labute approximate surface area is 114 Å². The summed E-state index contributed by atoms with van der Waals surface area (Å²) < 4.78 is 0. The molecule has 0 saturated carbocycles. The van der Waals surface area contributed by atoms with Crippen molar-refractivity contribution in [1.29, 1.82) is 0 Å². The van der Waals surface area contributed by atoms with Crippen LogP contribution in [0.4, 0.5) is 10.5 Å². The second kappa shape index (κ2) is 6.78. The number of urea groups is 1. The van der Waals surface area contributed by atoms with Crippen molar-refractivity contribution in [1.82, 2.24) is 5.32 Å². The predicted molar refractivity (Wildman–Crippen MR) is 79.4 cm³/mol. The number of guanidine groups is 1. The van der Waals surface area contributed by atoms with Crippen molar-refractivity contribution in [2.45, 2.75) is 40.2 Å². The maximum absolute atomic E-state index is 11.0. The summed E-state index contributed by atoms with van der Waals surface area (Å²) in [6.45, 7) is 8.02. The van der Waals surface area contributed by atoms with Crippen LogP contribution in [0.25, 0.3) is 0 Å². The monoisotopic (exact) mass is 262 g/mol. The number of nitrogens with two attached hydrogens (primary N) is 1. The van der Waals surface area contributed by atoms with E-state index in [1.54, 1.807) is 0 Å². The lowest BCUT2D eigenvalue weighted by atomic mass is 10.1. The van der Waals surface area contributed by atoms with E-state index in [9.17, 15) is 4.79 Å². The smallest absolute Gasteiger partial charge is 0.318 e. The lowest BCUT2D eigenvalue weighted by molar-refractivity contribution is 0.253. The molecule has 1 rings (SSSR count). The average molecular weight is 262 g/mol. The fraction of sp³-hybridized carbons (Fsp3) is 0.429. The molecule has 0 aromatic heterocycles. The van der Waals surface area contributed by atoms with Gasteiger partial charge in [-0.2, -0.15) is 0 Å². The van der Waals surface area contributed by atoms with Crippen LogP contribution < -0.4 is 16.4 Å². The number of amides is 2. The number of para-hydroxylation sites is 1. The largest absolute Gasteiger partial charge is 0.351 e. The van der Waals surface area contributed by atoms with Crippen LogP contribution in [0.5, 0.6) is 0 Å². The molecule has 4 N–H and O–H groups in total. The van der Waals surface area contributed by atoms with Gasteiger partial charge in [0.2, 0.25) is 5.96 Å². The Balaban J connectivity index is 3.00. The molecule has 1 aromatic carbocycles. The fourth-order valence-electron chi connectivity index (χ4n) is 1.65. The zero-order valence-electron chi connectivity index (χ0n) is 11.9. The van der Waals surface area contributed by atoms with E-state index in [1.165, 1.54) is 0 Å². The number of aliphatic imine (C=N–C) groups is 1. The lowest BCUT2D eigenvalue weighted by Gasteiger charge is -2.16. The summed E-state index contributed by atoms with van der Waals surface area (Å²) in [6.07, 6.45) is 0.887. The van der Waals surface area contributed by atoms with Crippen LogP contribution in [0.3, 0.4) is 0 Å². The van der Waals surface area contributed by atoms with Gasteiger partial charge in [0.1, 0.15) is 0 Å². The average Bonchev–Trinajstić information content (AvgIpc) is 2.33. The van der Waals surface area contributed by atoms with Crippen molar-refractivity contribution in [3.8, 4) is 0 Å². The van der Waals surface area contributed by atoms with E-state index >= 15 is 0 Å². The van der Waals surface area contributed by atoms with E-state index in [0.717, 1.165) is 23.2 Å². The van der Waals surface area contributed by atoms with E-state index < -0.39 is 6.03 Å². The van der Waals surface area contributed by atoms with Gasteiger partial charge in [-0.1, -0.05) is 25.1 Å². The highest BCUT2D eigenvalue weighted by atomic mass is 16.2. The second-order valence-corrected chi connectivity index (χ2v) is 4.62. The van der Waals surface area contributed by atoms with Gasteiger partial charge in [0.05, 0.1) is 6.04 Å². The number of hydrogen-bond acceptors (Lipinski definition) is 2. The van der Waals surface area contributed by atoms with Gasteiger partial charge in [0.25, 0.3) is 0 Å². The molecule has 5 heteroatoms. The Bertz CT molecular complexity index is 462. The first kappa shape index (κ1) is 15.0. The standard InChI is InChI=1S/C14H22N4O/c1-5-11(4)16-14(18-13(15)19)17-12-9(2)7-6-8-10(12)3/h6-8,11H,5H2,1-4H3,(H4,15,16,17,18,19). The molecule has 19 heavy (non-hydrogen) atoms. The van der Waals surface area contributed by atoms with Gasteiger partial charge in [-0.25, -0.2) is 9.79 Å². The van der Waals surface area contributed by atoms with Gasteiger partial charge in [0, 0.05) is 5.69 Å². The Morgan fingerprint density at radius 3 is 2.42 bits per heavy atom. The third kappa shape index (κ3) is 4.62. The molecule has 0 heterocycles. The van der Waals surface area contributed by atoms with Crippen LogP contribution in [-0.2, 0) is 0 Å². The van der Waals surface area contributed by atoms with Crippen LogP contribution in [0, 0.1) is 13.8 Å². The molecule has 2 amide bonds. The number of primary amides is 1. The predicted octanol–water partition coefficient (Wildman–Crippen LogP) is 2.54. The van der Waals surface area contributed by atoms with E-state index in [-0.39, 0.29) is 6.04 Å². The van der Waals surface area contributed by atoms with Crippen molar-refractivity contribution < 1.29 is 4.79 Å². The first-order valence-electron chi connectivity index (χ1n) is 6.41. The minimum Gasteiger partial charge on any atom is -0.351 e. The van der Waals surface area contributed by atoms with Gasteiger partial charge in [0.15, 0.2) is 0 Å². The number of rotatable bonds is 3. The van der Waals surface area contributed by atoms with Gasteiger partial charge in [-0.15, -0.1) is 0 Å². The maximum Gasteiger partial charge on any atom is 0.318 e. The summed E-state index contributed by atoms with van der Waals surface area (Å²) in [4.78, 5) is 15.4. The molecule has 0 aliphatic rings. The minimum atomic E-state index is -0.624. The molecule has 5 nitrogen and oxygen atoms in total. The Hall–Kier alpha value is -2.04. The molecule has 0 radical (unpaired) electrons. The van der Waals surface area contributed by atoms with Gasteiger partial charge in [-0.3, -0.25) is 5.32 Å². The number of nitrogens with zero attached hydrogens (tertiary/aromatic N) is 1. The first-order chi connectivity index (χ1) is 8.93. The van der Waals surface area contributed by atoms with Crippen LogP contribution in [0.1, 0.15) is 31.4 Å². The summed E-state index contributed by atoms with van der Waals surface area (Å²) >= 11 is 0. The number of carbonyl (C=O) groups excluding carboxylic acids is 1. The number of aryl methyl sites for hydroxylation is 2. The molecule has 1 unspecified atom stereocenters. The number of anilines is 1. The summed E-state index contributed by atoms with van der Waals surface area (Å²) in [5.41, 5.74) is 8.28. The number of nitrogens with one attached hydrogen (secondary N) is 2. The van der Waals surface area contributed by atoms with Crippen LogP contribution >= 0.6 is 0 Å². The van der Waals surface area contributed by atoms with Crippen molar-refractivity contribution >= 4 is 17.7 Å². The van der Waals surface area contributed by atoms with Gasteiger partial charge < -0.3 is 11.1 Å². The molecule has 0 fully saturated rings. The van der Waals surface area contributed by atoms with Crippen molar-refractivity contribution in [2.75, 3.05) is 5.32 Å². The number of hydrogen-bond donors (Lipinski definition) is 3. The van der Waals surface area contributed by atoms with Crippen molar-refractivity contribution in [3.63, 3.8) is 0 Å². The molecule has 1 atom stereocenters. The number of carbonyl (C=O) groups is 1. The van der Waals surface area contributed by atoms with Crippen LogP contribution in [-0.4, -0.2) is 18.0 Å². The highest BCUT2D eigenvalue weighted by Crippen LogP contribution is 2.19. The Kier molecular flexibility index (Phi) is 5.36. The van der Waals surface area contributed by atoms with Gasteiger partial charge >= 0.3 is 6.03 Å². The van der Waals surface area contributed by atoms with Crippen molar-refractivity contribution in [3.05, 3.63) is 29.3 Å². The highest BCUT2D eigenvalue weighted by Gasteiger charge is 2.08. The summed E-state index contributed by atoms with van der Waals surface area (Å²) in [6, 6.07) is 5.48. The topological polar surface area (TPSA) is 79.5 Å². The molecule has 0 bridgehead atoms. The van der Waals surface area contributed by atoms with Gasteiger partial charge in [-0.05, 0) is 38.3 Å². The van der Waals surface area contributed by atoms with E-state index in [4.69, 9.17) is 5.73 Å². The molecular weight excluding hydrogens is 240 g/mol. The molecule has 104 valence electrons. The zero-order valence-corrected chi connectivity index (χ0v) is 11.9. The molecule has 0 aliphatic heterocycles. The fourth-order valence-corrected chi connectivity index (χ4v) is 1.65. The summed E-state index contributed by atoms with van der Waals surface area (Å²) in [5, 5.41) is 5.68. The van der Waals surface area contributed by atoms with E-state index in [1.807, 2.05) is 45.9 Å². The highest BCUT2D eigenvalue weighted by molar-refractivity contribution is 6.04. The third-order valence-electron chi connectivity index (χ3n) is 2.91. The molecule has 0 spiro atoms. The third-order valence-corrected chi connectivity index (χ3v) is 2.91. The molecule has 1 aromatic rings. The first-order valence-corrected chi connectivity index (χ1v) is 6.41. The molecule has 0 saturated heterocycles.